The number of phosphoric ester groups is 1. The molecule has 0 aromatic carbocycles. The molecule has 2 saturated heterocycles. The van der Waals surface area contributed by atoms with E-state index in [1.54, 1.807) is 0 Å². The van der Waals surface area contributed by atoms with Crippen molar-refractivity contribution in [2.75, 3.05) is 18.9 Å². The quantitative estimate of drug-likeness (QED) is 0.104. The van der Waals surface area contributed by atoms with Gasteiger partial charge in [-0.25, -0.2) is 19.7 Å². The summed E-state index contributed by atoms with van der Waals surface area (Å²) >= 11 is 0. The molecule has 0 bridgehead atoms. The molecule has 0 saturated carbocycles. The molecular formula is C19H23N7NaO12P. The Balaban J connectivity index is 0.00000370. The van der Waals surface area contributed by atoms with Crippen molar-refractivity contribution in [1.82, 2.24) is 29.1 Å². The molecule has 0 aliphatic carbocycles. The fourth-order valence-electron chi connectivity index (χ4n) is 4.35. The number of aliphatic hydroxyl groups is 4. The molecule has 0 amide bonds. The van der Waals surface area contributed by atoms with Gasteiger partial charge in [-0.1, -0.05) is 0 Å². The third-order valence-electron chi connectivity index (χ3n) is 6.26. The largest absolute Gasteiger partial charge is 1.00 e. The first-order valence-corrected chi connectivity index (χ1v) is 12.8. The van der Waals surface area contributed by atoms with Crippen LogP contribution >= 0.6 is 7.82 Å². The number of H-pyrrole nitrogens is 1. The summed E-state index contributed by atoms with van der Waals surface area (Å²) in [6.07, 6.45) is -8.73. The summed E-state index contributed by atoms with van der Waals surface area (Å²) in [6.45, 7) is -1.60. The average Bonchev–Trinajstić information content (AvgIpc) is 3.53. The Morgan fingerprint density at radius 2 is 1.77 bits per heavy atom. The van der Waals surface area contributed by atoms with Crippen molar-refractivity contribution < 1.29 is 78.0 Å². The fourth-order valence-corrected chi connectivity index (χ4v) is 5.30. The van der Waals surface area contributed by atoms with Gasteiger partial charge in [0, 0.05) is 12.3 Å². The number of imidazole rings is 1. The zero-order chi connectivity index (χ0) is 28.1. The summed E-state index contributed by atoms with van der Waals surface area (Å²) in [6, 6.07) is 0.988. The van der Waals surface area contributed by atoms with E-state index in [0.717, 1.165) is 23.2 Å². The standard InChI is InChI=1S/C19H24N7O12P.Na/c20-15-10-16(22-5-21-15)26(6-23-10)18-13(31)14(7(3-27)36-18)38-39(33,34)35-4-8-11(29)12(30)17(37-8)25-2-1-9(28)24-19(25)32;/h1-2,5-8,11-14,17-18,27,29-31H,3-4H2,(H,33,34)(H2,20,21,22)(H,24,28,32);/q;+1/p-1/t7-,8-,11+,12?,13?,14+,17-,18-;/m1./s1. The number of hydrogen-bond acceptors (Lipinski definition) is 16. The van der Waals surface area contributed by atoms with Gasteiger partial charge in [-0.3, -0.25) is 23.5 Å². The van der Waals surface area contributed by atoms with Gasteiger partial charge in [-0.2, -0.15) is 0 Å². The summed E-state index contributed by atoms with van der Waals surface area (Å²) in [4.78, 5) is 49.7. The topological polar surface area (TPSA) is 282 Å². The first kappa shape index (κ1) is 30.8. The van der Waals surface area contributed by atoms with E-state index in [1.807, 2.05) is 4.98 Å². The van der Waals surface area contributed by atoms with Gasteiger partial charge in [0.2, 0.25) is 0 Å². The normalized spacial score (nSPS) is 31.7. The van der Waals surface area contributed by atoms with E-state index in [2.05, 4.69) is 15.0 Å². The van der Waals surface area contributed by atoms with Crippen LogP contribution in [0.4, 0.5) is 5.82 Å². The van der Waals surface area contributed by atoms with E-state index >= 15 is 0 Å². The Hall–Kier alpha value is -2.10. The minimum atomic E-state index is -5.26. The average molecular weight is 595 g/mol. The van der Waals surface area contributed by atoms with E-state index in [4.69, 9.17) is 24.3 Å². The molecule has 19 nitrogen and oxygen atoms in total. The van der Waals surface area contributed by atoms with Crippen molar-refractivity contribution in [3.8, 4) is 0 Å². The minimum absolute atomic E-state index is 0. The van der Waals surface area contributed by atoms with Crippen LogP contribution in [0.5, 0.6) is 0 Å². The number of phosphoric acid groups is 1. The molecule has 0 spiro atoms. The number of anilines is 1. The Morgan fingerprint density at radius 1 is 1.07 bits per heavy atom. The Morgan fingerprint density at radius 3 is 2.48 bits per heavy atom. The maximum atomic E-state index is 12.6. The van der Waals surface area contributed by atoms with E-state index in [1.165, 1.54) is 10.9 Å². The molecule has 7 N–H and O–H groups in total. The molecule has 21 heteroatoms. The van der Waals surface area contributed by atoms with Gasteiger partial charge in [0.25, 0.3) is 13.4 Å². The molecule has 40 heavy (non-hydrogen) atoms. The van der Waals surface area contributed by atoms with Crippen LogP contribution in [-0.2, 0) is 23.1 Å². The predicted octanol–water partition coefficient (Wildman–Crippen LogP) is -7.30. The third-order valence-corrected chi connectivity index (χ3v) is 7.23. The first-order chi connectivity index (χ1) is 18.5. The Kier molecular flexibility index (Phi) is 9.27. The minimum Gasteiger partial charge on any atom is -0.756 e. The molecule has 0 radical (unpaired) electrons. The van der Waals surface area contributed by atoms with Gasteiger partial charge in [0.15, 0.2) is 23.9 Å². The molecule has 2 aliphatic rings. The number of nitrogen functional groups attached to an aromatic ring is 1. The van der Waals surface area contributed by atoms with Crippen molar-refractivity contribution in [3.05, 3.63) is 45.8 Å². The fraction of sp³-hybridized carbons (Fsp3) is 0.526. The second-order valence-corrected chi connectivity index (χ2v) is 10.1. The summed E-state index contributed by atoms with van der Waals surface area (Å²) in [5.74, 6) is 0.0595. The van der Waals surface area contributed by atoms with Crippen molar-refractivity contribution in [2.45, 2.75) is 49.1 Å². The smallest absolute Gasteiger partial charge is 0.756 e. The zero-order valence-electron chi connectivity index (χ0n) is 20.7. The molecule has 5 heterocycles. The van der Waals surface area contributed by atoms with Crippen molar-refractivity contribution in [3.63, 3.8) is 0 Å². The Bertz CT molecular complexity index is 1520. The van der Waals surface area contributed by atoms with Gasteiger partial charge in [0.05, 0.1) is 19.5 Å². The van der Waals surface area contributed by atoms with Crippen LogP contribution in [0.1, 0.15) is 12.5 Å². The second kappa shape index (κ2) is 12.0. The Labute approximate surface area is 245 Å². The summed E-state index contributed by atoms with van der Waals surface area (Å²) < 4.78 is 35.5. The molecule has 3 unspecified atom stereocenters. The van der Waals surface area contributed by atoms with E-state index in [9.17, 15) is 39.5 Å². The molecule has 3 aromatic heterocycles. The molecule has 212 valence electrons. The summed E-state index contributed by atoms with van der Waals surface area (Å²) in [7, 11) is -5.26. The summed E-state index contributed by atoms with van der Waals surface area (Å²) in [5.41, 5.74) is 4.51. The van der Waals surface area contributed by atoms with Crippen LogP contribution in [0, 0.1) is 0 Å². The van der Waals surface area contributed by atoms with Crippen LogP contribution in [0.15, 0.2) is 34.5 Å². The zero-order valence-corrected chi connectivity index (χ0v) is 23.6. The monoisotopic (exact) mass is 595 g/mol. The molecule has 2 aliphatic heterocycles. The number of aromatic amines is 1. The maximum absolute atomic E-state index is 12.6. The number of hydrogen-bond donors (Lipinski definition) is 6. The molecule has 3 aromatic rings. The second-order valence-electron chi connectivity index (χ2n) is 8.70. The van der Waals surface area contributed by atoms with Crippen molar-refractivity contribution in [2.24, 2.45) is 0 Å². The van der Waals surface area contributed by atoms with Crippen molar-refractivity contribution in [1.29, 1.82) is 0 Å². The van der Waals surface area contributed by atoms with Crippen LogP contribution in [-0.4, -0.2) is 99.3 Å². The maximum Gasteiger partial charge on any atom is 1.00 e. The predicted molar refractivity (Wildman–Crippen MR) is 122 cm³/mol. The van der Waals surface area contributed by atoms with Crippen molar-refractivity contribution >= 4 is 24.8 Å². The van der Waals surface area contributed by atoms with Gasteiger partial charge in [-0.15, -0.1) is 0 Å². The number of fused-ring (bicyclic) bond motifs is 1. The van der Waals surface area contributed by atoms with Gasteiger partial charge >= 0.3 is 35.2 Å². The molecule has 9 atom stereocenters. The van der Waals surface area contributed by atoms with Crippen LogP contribution in [0.2, 0.25) is 0 Å². The van der Waals surface area contributed by atoms with E-state index in [0.29, 0.717) is 0 Å². The first-order valence-electron chi connectivity index (χ1n) is 11.3. The molecule has 5 rings (SSSR count). The van der Waals surface area contributed by atoms with Gasteiger partial charge < -0.3 is 49.6 Å². The SMILES string of the molecule is Nc1ncnc2c1ncn2[C@@H]1O[C@H](CO)[C@H](OP(=O)([O-])OC[C@H]2O[C@@H](n3ccc(=O)[nH]c3=O)C(O)[C@H]2O)C1O.[Na+]. The van der Waals surface area contributed by atoms with Crippen LogP contribution in [0.25, 0.3) is 11.2 Å². The third kappa shape index (κ3) is 5.79. The van der Waals surface area contributed by atoms with Gasteiger partial charge in [0.1, 0.15) is 48.5 Å². The number of nitrogens with two attached hydrogens (primary N) is 1. The van der Waals surface area contributed by atoms with E-state index < -0.39 is 81.4 Å². The number of ether oxygens (including phenoxy) is 2. The van der Waals surface area contributed by atoms with Gasteiger partial charge in [-0.05, 0) is 0 Å². The van der Waals surface area contributed by atoms with E-state index in [-0.39, 0.29) is 46.5 Å². The molecular weight excluding hydrogens is 572 g/mol. The number of aliphatic hydroxyl groups excluding tert-OH is 4. The number of nitrogens with zero attached hydrogens (tertiary/aromatic N) is 5. The van der Waals surface area contributed by atoms with Crippen LogP contribution < -0.4 is 51.4 Å². The number of rotatable bonds is 8. The summed E-state index contributed by atoms with van der Waals surface area (Å²) in [5, 5.41) is 41.1. The number of aromatic nitrogens is 6. The van der Waals surface area contributed by atoms with Crippen LogP contribution in [0.3, 0.4) is 0 Å². The molecule has 2 fully saturated rings. The number of nitrogens with one attached hydrogen (secondary N) is 1.